The third-order valence-corrected chi connectivity index (χ3v) is 7.70. The van der Waals surface area contributed by atoms with Crippen LogP contribution in [0, 0.1) is 0 Å². The van der Waals surface area contributed by atoms with Crippen LogP contribution < -0.4 is 0 Å². The minimum absolute atomic E-state index is 0.0165. The van der Waals surface area contributed by atoms with Gasteiger partial charge in [-0.3, -0.25) is 0 Å². The van der Waals surface area contributed by atoms with Crippen molar-refractivity contribution < 1.29 is 28.8 Å². The summed E-state index contributed by atoms with van der Waals surface area (Å²) in [5.74, 6) is -0.806. The number of ether oxygens (including phenoxy) is 5. The fraction of sp³-hybridized carbons (Fsp3) is 0.314. The van der Waals surface area contributed by atoms with Crippen LogP contribution in [0.2, 0.25) is 0 Å². The van der Waals surface area contributed by atoms with Crippen molar-refractivity contribution in [3.05, 3.63) is 144 Å². The third-order valence-electron chi connectivity index (χ3n) is 7.70. The summed E-state index contributed by atoms with van der Waals surface area (Å²) < 4.78 is 31.7. The molecule has 1 N–H and O–H groups in total. The maximum absolute atomic E-state index is 11.7. The van der Waals surface area contributed by atoms with Gasteiger partial charge in [0.1, 0.15) is 30.0 Å². The summed E-state index contributed by atoms with van der Waals surface area (Å²) in [6.45, 7) is 4.04. The van der Waals surface area contributed by atoms with E-state index in [-0.39, 0.29) is 6.61 Å². The Hall–Kier alpha value is -3.36. The number of aliphatic hydroxyl groups is 1. The van der Waals surface area contributed by atoms with Crippen LogP contribution in [0.1, 0.15) is 36.1 Å². The first-order valence-electron chi connectivity index (χ1n) is 14.1. The lowest BCUT2D eigenvalue weighted by molar-refractivity contribution is -0.234. The van der Waals surface area contributed by atoms with Crippen molar-refractivity contribution in [3.63, 3.8) is 0 Å². The van der Waals surface area contributed by atoms with E-state index in [0.717, 1.165) is 22.3 Å². The van der Waals surface area contributed by atoms with Crippen LogP contribution in [0.4, 0.5) is 0 Å². The van der Waals surface area contributed by atoms with E-state index in [1.807, 2.05) is 98.8 Å². The molecule has 0 bridgehead atoms. The lowest BCUT2D eigenvalue weighted by atomic mass is 9.80. The van der Waals surface area contributed by atoms with Gasteiger partial charge < -0.3 is 28.8 Å². The number of hydrogen-bond acceptors (Lipinski definition) is 6. The molecule has 2 saturated heterocycles. The highest BCUT2D eigenvalue weighted by Crippen LogP contribution is 2.43. The van der Waals surface area contributed by atoms with E-state index in [0.29, 0.717) is 6.61 Å². The van der Waals surface area contributed by atoms with Gasteiger partial charge in [0, 0.05) is 0 Å². The van der Waals surface area contributed by atoms with Gasteiger partial charge in [-0.15, -0.1) is 0 Å². The average Bonchev–Trinajstić information content (AvgIpc) is 3.50. The molecule has 6 nitrogen and oxygen atoms in total. The Labute approximate surface area is 241 Å². The normalized spacial score (nSPS) is 24.2. The quantitative estimate of drug-likeness (QED) is 0.250. The Bertz CT molecular complexity index is 1280. The molecule has 41 heavy (non-hydrogen) atoms. The number of rotatable bonds is 10. The van der Waals surface area contributed by atoms with Crippen molar-refractivity contribution in [1.29, 1.82) is 0 Å². The number of aliphatic hydroxyl groups excluding tert-OH is 1. The van der Waals surface area contributed by atoms with E-state index >= 15 is 0 Å². The van der Waals surface area contributed by atoms with Gasteiger partial charge in [-0.05, 0) is 36.1 Å². The molecule has 6 heteroatoms. The Balaban J connectivity index is 1.30. The smallest absolute Gasteiger partial charge is 0.190 e. The highest BCUT2D eigenvalue weighted by molar-refractivity contribution is 5.47. The zero-order valence-electron chi connectivity index (χ0n) is 23.3. The molecule has 2 fully saturated rings. The fourth-order valence-corrected chi connectivity index (χ4v) is 5.84. The summed E-state index contributed by atoms with van der Waals surface area (Å²) in [5.41, 5.74) is 2.93. The van der Waals surface area contributed by atoms with Gasteiger partial charge >= 0.3 is 0 Å². The molecule has 0 saturated carbocycles. The summed E-state index contributed by atoms with van der Waals surface area (Å²) in [6.07, 6.45) is -3.42. The zero-order valence-corrected chi connectivity index (χ0v) is 23.3. The lowest BCUT2D eigenvalue weighted by Crippen LogP contribution is -2.46. The molecule has 2 unspecified atom stereocenters. The van der Waals surface area contributed by atoms with Crippen LogP contribution >= 0.6 is 0 Å². The SMILES string of the molecule is CC1(C)OC2[C@H](O[C@H](C(O)COC(c3ccccc3)(c3ccccc3)c3ccccc3)[C@H]2OCc2ccccc2)O1. The molecular formula is C35H36O6. The summed E-state index contributed by atoms with van der Waals surface area (Å²) in [5, 5.41) is 11.7. The van der Waals surface area contributed by atoms with Gasteiger partial charge in [-0.25, -0.2) is 0 Å². The van der Waals surface area contributed by atoms with E-state index in [4.69, 9.17) is 23.7 Å². The number of benzene rings is 4. The monoisotopic (exact) mass is 552 g/mol. The zero-order chi connectivity index (χ0) is 28.3. The van der Waals surface area contributed by atoms with Crippen molar-refractivity contribution >= 4 is 0 Å². The minimum Gasteiger partial charge on any atom is -0.388 e. The molecule has 2 aliphatic rings. The third kappa shape index (κ3) is 5.72. The molecule has 0 radical (unpaired) electrons. The predicted molar refractivity (Wildman–Crippen MR) is 155 cm³/mol. The van der Waals surface area contributed by atoms with Gasteiger partial charge in [-0.1, -0.05) is 121 Å². The molecule has 6 rings (SSSR count). The topological polar surface area (TPSA) is 66.4 Å². The van der Waals surface area contributed by atoms with Gasteiger partial charge in [0.05, 0.1) is 13.2 Å². The van der Waals surface area contributed by atoms with Crippen LogP contribution in [-0.2, 0) is 35.9 Å². The fourth-order valence-electron chi connectivity index (χ4n) is 5.84. The van der Waals surface area contributed by atoms with Crippen molar-refractivity contribution in [3.8, 4) is 0 Å². The second kappa shape index (κ2) is 11.9. The van der Waals surface area contributed by atoms with Gasteiger partial charge in [-0.2, -0.15) is 0 Å². The summed E-state index contributed by atoms with van der Waals surface area (Å²) in [7, 11) is 0. The molecule has 4 aromatic carbocycles. The van der Waals surface area contributed by atoms with Crippen LogP contribution in [0.15, 0.2) is 121 Å². The number of fused-ring (bicyclic) bond motifs is 1. The predicted octanol–water partition coefficient (Wildman–Crippen LogP) is 5.82. The molecule has 4 aromatic rings. The molecule has 5 atom stereocenters. The van der Waals surface area contributed by atoms with Crippen LogP contribution in [0.5, 0.6) is 0 Å². The van der Waals surface area contributed by atoms with Crippen molar-refractivity contribution in [2.24, 2.45) is 0 Å². The summed E-state index contributed by atoms with van der Waals surface area (Å²) in [4.78, 5) is 0. The van der Waals surface area contributed by atoms with Gasteiger partial charge in [0.15, 0.2) is 12.1 Å². The molecule has 0 spiro atoms. The molecule has 0 aromatic heterocycles. The van der Waals surface area contributed by atoms with Crippen molar-refractivity contribution in [1.82, 2.24) is 0 Å². The number of hydrogen-bond donors (Lipinski definition) is 1. The van der Waals surface area contributed by atoms with Gasteiger partial charge in [0.25, 0.3) is 0 Å². The Morgan fingerprint density at radius 1 is 0.732 bits per heavy atom. The largest absolute Gasteiger partial charge is 0.388 e. The summed E-state index contributed by atoms with van der Waals surface area (Å²) >= 11 is 0. The molecule has 212 valence electrons. The van der Waals surface area contributed by atoms with E-state index in [2.05, 4.69) is 36.4 Å². The van der Waals surface area contributed by atoms with Crippen LogP contribution in [0.3, 0.4) is 0 Å². The maximum Gasteiger partial charge on any atom is 0.190 e. The standard InChI is InChI=1S/C35H36O6/c1-34(2)40-32-31(37-23-25-15-7-3-8-16-25)30(39-33(32)41-34)29(36)24-38-35(26-17-9-4-10-18-26,27-19-11-5-12-20-27)28-21-13-6-14-22-28/h3-22,29-33,36H,23-24H2,1-2H3/t29?,30-,31-,32?,33-/m1/s1. The average molecular weight is 553 g/mol. The van der Waals surface area contributed by atoms with Crippen molar-refractivity contribution in [2.45, 2.75) is 62.5 Å². The van der Waals surface area contributed by atoms with Crippen molar-refractivity contribution in [2.75, 3.05) is 6.61 Å². The van der Waals surface area contributed by atoms with Gasteiger partial charge in [0.2, 0.25) is 0 Å². The minimum atomic E-state index is -1.02. The van der Waals surface area contributed by atoms with Crippen LogP contribution in [-0.4, -0.2) is 48.2 Å². The highest BCUT2D eigenvalue weighted by Gasteiger charge is 2.57. The van der Waals surface area contributed by atoms with E-state index < -0.39 is 42.1 Å². The Morgan fingerprint density at radius 2 is 1.22 bits per heavy atom. The molecule has 2 aliphatic heterocycles. The molecule has 0 amide bonds. The molecule has 2 heterocycles. The second-order valence-corrected chi connectivity index (χ2v) is 11.0. The van der Waals surface area contributed by atoms with E-state index in [9.17, 15) is 5.11 Å². The molecular weight excluding hydrogens is 516 g/mol. The van der Waals surface area contributed by atoms with Crippen LogP contribution in [0.25, 0.3) is 0 Å². The van der Waals surface area contributed by atoms with E-state index in [1.54, 1.807) is 0 Å². The highest BCUT2D eigenvalue weighted by atomic mass is 16.8. The lowest BCUT2D eigenvalue weighted by Gasteiger charge is -2.37. The first-order valence-corrected chi connectivity index (χ1v) is 14.1. The molecule has 0 aliphatic carbocycles. The second-order valence-electron chi connectivity index (χ2n) is 11.0. The van der Waals surface area contributed by atoms with E-state index in [1.165, 1.54) is 0 Å². The Kier molecular flexibility index (Phi) is 8.04. The first-order chi connectivity index (χ1) is 20.0. The summed E-state index contributed by atoms with van der Waals surface area (Å²) in [6, 6.07) is 40.2. The Morgan fingerprint density at radius 3 is 1.73 bits per heavy atom. The maximum atomic E-state index is 11.7. The first kappa shape index (κ1) is 27.8.